The van der Waals surface area contributed by atoms with Crippen LogP contribution in [0.2, 0.25) is 0 Å². The average Bonchev–Trinajstić information content (AvgIpc) is 3.10. The van der Waals surface area contributed by atoms with Crippen LogP contribution in [0, 0.1) is 23.2 Å². The Labute approximate surface area is 119 Å². The van der Waals surface area contributed by atoms with E-state index in [1.54, 1.807) is 6.08 Å². The fourth-order valence-electron chi connectivity index (χ4n) is 3.59. The summed E-state index contributed by atoms with van der Waals surface area (Å²) < 4.78 is 0. The van der Waals surface area contributed by atoms with Crippen LogP contribution in [0.1, 0.15) is 27.2 Å². The third-order valence-corrected chi connectivity index (χ3v) is 4.66. The first-order valence-corrected chi connectivity index (χ1v) is 6.89. The Bertz CT molecular complexity index is 551. The SMILES string of the molecule is C=C(C)C#CC1=C[C@@H](O)[C@@H](O)[C@]23C[C@H]2C(C)(C)OO[C@H]13. The lowest BCUT2D eigenvalue weighted by molar-refractivity contribution is -0.414. The highest BCUT2D eigenvalue weighted by atomic mass is 17.2. The first-order chi connectivity index (χ1) is 9.29. The van der Waals surface area contributed by atoms with Crippen LogP contribution in [0.3, 0.4) is 0 Å². The zero-order valence-electron chi connectivity index (χ0n) is 12.0. The van der Waals surface area contributed by atoms with E-state index < -0.39 is 29.3 Å². The summed E-state index contributed by atoms with van der Waals surface area (Å²) in [6.45, 7) is 9.45. The van der Waals surface area contributed by atoms with Gasteiger partial charge in [0, 0.05) is 16.9 Å². The molecule has 0 radical (unpaired) electrons. The Morgan fingerprint density at radius 3 is 2.80 bits per heavy atom. The topological polar surface area (TPSA) is 58.9 Å². The van der Waals surface area contributed by atoms with E-state index in [1.807, 2.05) is 20.8 Å². The Kier molecular flexibility index (Phi) is 2.90. The lowest BCUT2D eigenvalue weighted by Crippen LogP contribution is -2.54. The van der Waals surface area contributed by atoms with Crippen LogP contribution >= 0.6 is 0 Å². The van der Waals surface area contributed by atoms with Crippen molar-refractivity contribution in [1.29, 1.82) is 0 Å². The molecule has 20 heavy (non-hydrogen) atoms. The molecule has 1 saturated heterocycles. The van der Waals surface area contributed by atoms with Crippen LogP contribution in [0.15, 0.2) is 23.8 Å². The lowest BCUT2D eigenvalue weighted by atomic mass is 9.75. The summed E-state index contributed by atoms with van der Waals surface area (Å²) in [4.78, 5) is 11.0. The molecule has 0 unspecified atom stereocenters. The molecule has 2 fully saturated rings. The Morgan fingerprint density at radius 1 is 1.45 bits per heavy atom. The molecule has 0 bridgehead atoms. The predicted octanol–water partition coefficient (Wildman–Crippen LogP) is 1.34. The van der Waals surface area contributed by atoms with Gasteiger partial charge in [0.15, 0.2) is 0 Å². The highest BCUT2D eigenvalue weighted by Crippen LogP contribution is 2.68. The molecule has 0 aromatic heterocycles. The largest absolute Gasteiger partial charge is 0.389 e. The Balaban J connectivity index is 2.00. The number of aliphatic hydroxyl groups is 2. The molecule has 1 aliphatic heterocycles. The summed E-state index contributed by atoms with van der Waals surface area (Å²) in [7, 11) is 0. The van der Waals surface area contributed by atoms with Crippen LogP contribution in [-0.2, 0) is 9.78 Å². The zero-order chi connectivity index (χ0) is 14.7. The van der Waals surface area contributed by atoms with E-state index in [0.29, 0.717) is 5.57 Å². The highest BCUT2D eigenvalue weighted by molar-refractivity contribution is 5.45. The van der Waals surface area contributed by atoms with Crippen molar-refractivity contribution in [2.24, 2.45) is 11.3 Å². The van der Waals surface area contributed by atoms with Gasteiger partial charge in [-0.15, -0.1) is 0 Å². The average molecular weight is 276 g/mol. The fourth-order valence-corrected chi connectivity index (χ4v) is 3.59. The fraction of sp³-hybridized carbons (Fsp3) is 0.625. The summed E-state index contributed by atoms with van der Waals surface area (Å²) in [6.07, 6.45) is 0.174. The molecule has 0 aromatic rings. The third-order valence-electron chi connectivity index (χ3n) is 4.66. The zero-order valence-corrected chi connectivity index (χ0v) is 12.0. The predicted molar refractivity (Wildman–Crippen MR) is 73.3 cm³/mol. The summed E-state index contributed by atoms with van der Waals surface area (Å²) in [5.74, 6) is 6.05. The minimum Gasteiger partial charge on any atom is -0.389 e. The van der Waals surface area contributed by atoms with E-state index in [-0.39, 0.29) is 5.92 Å². The quantitative estimate of drug-likeness (QED) is 0.518. The van der Waals surface area contributed by atoms with Crippen molar-refractivity contribution < 1.29 is 20.0 Å². The Morgan fingerprint density at radius 2 is 2.15 bits per heavy atom. The molecule has 3 aliphatic rings. The van der Waals surface area contributed by atoms with Gasteiger partial charge in [0.05, 0.1) is 12.2 Å². The molecule has 0 amide bonds. The van der Waals surface area contributed by atoms with Crippen LogP contribution in [0.5, 0.6) is 0 Å². The molecule has 2 N–H and O–H groups in total. The van der Waals surface area contributed by atoms with Gasteiger partial charge in [0.1, 0.15) is 11.7 Å². The minimum atomic E-state index is -0.914. The van der Waals surface area contributed by atoms with Crippen molar-refractivity contribution in [3.05, 3.63) is 23.8 Å². The van der Waals surface area contributed by atoms with Crippen molar-refractivity contribution in [3.63, 3.8) is 0 Å². The molecule has 4 nitrogen and oxygen atoms in total. The number of hydrogen-bond acceptors (Lipinski definition) is 4. The van der Waals surface area contributed by atoms with Gasteiger partial charge in [-0.25, -0.2) is 9.78 Å². The second-order valence-corrected chi connectivity index (χ2v) is 6.62. The normalized spacial score (nSPS) is 44.4. The molecular weight excluding hydrogens is 256 g/mol. The molecule has 4 heteroatoms. The van der Waals surface area contributed by atoms with E-state index in [1.165, 1.54) is 0 Å². The lowest BCUT2D eigenvalue weighted by Gasteiger charge is -2.44. The summed E-state index contributed by atoms with van der Waals surface area (Å²) in [5.41, 5.74) is 0.477. The van der Waals surface area contributed by atoms with Crippen LogP contribution in [0.25, 0.3) is 0 Å². The van der Waals surface area contributed by atoms with Crippen molar-refractivity contribution in [2.45, 2.75) is 51.1 Å². The van der Waals surface area contributed by atoms with Crippen LogP contribution in [0.4, 0.5) is 0 Å². The summed E-state index contributed by atoms with van der Waals surface area (Å²) >= 11 is 0. The molecule has 3 rings (SSSR count). The van der Waals surface area contributed by atoms with Crippen molar-refractivity contribution >= 4 is 0 Å². The van der Waals surface area contributed by atoms with Crippen molar-refractivity contribution in [3.8, 4) is 11.8 Å². The van der Waals surface area contributed by atoms with Crippen LogP contribution < -0.4 is 0 Å². The summed E-state index contributed by atoms with van der Waals surface area (Å²) in [6, 6.07) is 0. The molecule has 1 heterocycles. The number of rotatable bonds is 0. The van der Waals surface area contributed by atoms with E-state index in [0.717, 1.165) is 12.0 Å². The molecule has 5 atom stereocenters. The Hall–Kier alpha value is -1.12. The molecule has 2 aliphatic carbocycles. The van der Waals surface area contributed by atoms with Gasteiger partial charge in [0.25, 0.3) is 0 Å². The first-order valence-electron chi connectivity index (χ1n) is 6.89. The number of hydrogen-bond donors (Lipinski definition) is 2. The maximum atomic E-state index is 10.4. The second kappa shape index (κ2) is 4.19. The number of aliphatic hydroxyl groups excluding tert-OH is 2. The number of allylic oxidation sites excluding steroid dienone is 1. The van der Waals surface area contributed by atoms with Gasteiger partial charge in [-0.3, -0.25) is 0 Å². The minimum absolute atomic E-state index is 0.161. The van der Waals surface area contributed by atoms with Gasteiger partial charge >= 0.3 is 0 Å². The van der Waals surface area contributed by atoms with Crippen molar-refractivity contribution in [2.75, 3.05) is 0 Å². The van der Waals surface area contributed by atoms with Gasteiger partial charge < -0.3 is 10.2 Å². The highest BCUT2D eigenvalue weighted by Gasteiger charge is 2.74. The maximum Gasteiger partial charge on any atom is 0.134 e. The summed E-state index contributed by atoms with van der Waals surface area (Å²) in [5, 5.41) is 20.5. The second-order valence-electron chi connectivity index (χ2n) is 6.62. The van der Waals surface area contributed by atoms with Gasteiger partial charge in [-0.05, 0) is 38.8 Å². The van der Waals surface area contributed by atoms with E-state index in [2.05, 4.69) is 18.4 Å². The first kappa shape index (κ1) is 13.8. The van der Waals surface area contributed by atoms with Gasteiger partial charge in [0.2, 0.25) is 0 Å². The van der Waals surface area contributed by atoms with E-state index >= 15 is 0 Å². The van der Waals surface area contributed by atoms with E-state index in [4.69, 9.17) is 9.78 Å². The maximum absolute atomic E-state index is 10.4. The molecule has 1 saturated carbocycles. The third kappa shape index (κ3) is 1.78. The van der Waals surface area contributed by atoms with Gasteiger partial charge in [-0.2, -0.15) is 0 Å². The van der Waals surface area contributed by atoms with Crippen molar-refractivity contribution in [1.82, 2.24) is 0 Å². The molecule has 0 aromatic carbocycles. The van der Waals surface area contributed by atoms with E-state index in [9.17, 15) is 10.2 Å². The van der Waals surface area contributed by atoms with Crippen LogP contribution in [-0.4, -0.2) is 34.1 Å². The standard InChI is InChI=1S/C16H20O4/c1-9(2)5-6-10-7-11(17)13(18)16-8-12(16)15(3,4)20-19-14(10)16/h7,11-14,17-18H,1,8H2,2-4H3/t11-,12+,13-,14-,16+/m1/s1. The monoisotopic (exact) mass is 276 g/mol. The smallest absolute Gasteiger partial charge is 0.134 e. The molecular formula is C16H20O4. The van der Waals surface area contributed by atoms with Gasteiger partial charge in [-0.1, -0.05) is 18.4 Å². The molecule has 108 valence electrons. The molecule has 1 spiro atoms.